The van der Waals surface area contributed by atoms with Gasteiger partial charge in [-0.1, -0.05) is 5.16 Å². The fourth-order valence-corrected chi connectivity index (χ4v) is 1.62. The third-order valence-electron chi connectivity index (χ3n) is 2.49. The topological polar surface area (TPSA) is 106 Å². The molecule has 0 aliphatic rings. The Morgan fingerprint density at radius 1 is 1.53 bits per heavy atom. The SMILES string of the molecule is Cc1onc(-c2ccc(F)c([N+](=O)[O-])c2)c1C(=O)O. The molecule has 0 atom stereocenters. The van der Waals surface area contributed by atoms with Crippen LogP contribution in [0.4, 0.5) is 10.1 Å². The number of nitro groups is 1. The molecule has 2 rings (SSSR count). The molecule has 0 fully saturated rings. The van der Waals surface area contributed by atoms with Crippen LogP contribution in [0.2, 0.25) is 0 Å². The molecule has 19 heavy (non-hydrogen) atoms. The van der Waals surface area contributed by atoms with E-state index in [1.807, 2.05) is 0 Å². The number of halogens is 1. The second-order valence-electron chi connectivity index (χ2n) is 3.69. The van der Waals surface area contributed by atoms with Crippen LogP contribution in [0.1, 0.15) is 16.1 Å². The number of rotatable bonds is 3. The molecule has 0 amide bonds. The summed E-state index contributed by atoms with van der Waals surface area (Å²) < 4.78 is 17.9. The molecule has 1 heterocycles. The normalized spacial score (nSPS) is 10.4. The average Bonchev–Trinajstić information content (AvgIpc) is 2.71. The van der Waals surface area contributed by atoms with Gasteiger partial charge in [0, 0.05) is 11.6 Å². The van der Waals surface area contributed by atoms with Gasteiger partial charge in [0.15, 0.2) is 0 Å². The molecular formula is C11H7FN2O5. The molecule has 0 saturated carbocycles. The maximum Gasteiger partial charge on any atom is 0.341 e. The van der Waals surface area contributed by atoms with Crippen LogP contribution in [-0.2, 0) is 0 Å². The zero-order chi connectivity index (χ0) is 14.2. The van der Waals surface area contributed by atoms with Crippen molar-refractivity contribution in [3.63, 3.8) is 0 Å². The number of carboxylic acids is 1. The maximum atomic E-state index is 13.2. The van der Waals surface area contributed by atoms with Crippen molar-refractivity contribution in [3.05, 3.63) is 45.5 Å². The van der Waals surface area contributed by atoms with Crippen molar-refractivity contribution in [1.29, 1.82) is 0 Å². The second kappa shape index (κ2) is 4.48. The van der Waals surface area contributed by atoms with Crippen LogP contribution in [0.3, 0.4) is 0 Å². The molecule has 0 radical (unpaired) electrons. The van der Waals surface area contributed by atoms with Gasteiger partial charge in [-0.25, -0.2) is 4.79 Å². The van der Waals surface area contributed by atoms with Crippen LogP contribution >= 0.6 is 0 Å². The number of nitrogens with zero attached hydrogens (tertiary/aromatic N) is 2. The van der Waals surface area contributed by atoms with E-state index in [0.717, 1.165) is 12.1 Å². The number of hydrogen-bond donors (Lipinski definition) is 1. The largest absolute Gasteiger partial charge is 0.477 e. The standard InChI is InChI=1S/C11H7FN2O5/c1-5-9(11(15)16)10(13-19-5)6-2-3-7(12)8(4-6)14(17)18/h2-4H,1H3,(H,15,16). The highest BCUT2D eigenvalue weighted by Crippen LogP contribution is 2.29. The van der Waals surface area contributed by atoms with Gasteiger partial charge in [-0.2, -0.15) is 4.39 Å². The Morgan fingerprint density at radius 2 is 2.21 bits per heavy atom. The third-order valence-corrected chi connectivity index (χ3v) is 2.49. The second-order valence-corrected chi connectivity index (χ2v) is 3.69. The van der Waals surface area contributed by atoms with E-state index in [1.54, 1.807) is 0 Å². The Kier molecular flexibility index (Phi) is 2.99. The summed E-state index contributed by atoms with van der Waals surface area (Å²) in [6.07, 6.45) is 0. The summed E-state index contributed by atoms with van der Waals surface area (Å²) in [7, 11) is 0. The first kappa shape index (κ1) is 12.7. The van der Waals surface area contributed by atoms with E-state index in [2.05, 4.69) is 5.16 Å². The number of nitro benzene ring substituents is 1. The van der Waals surface area contributed by atoms with Crippen molar-refractivity contribution in [3.8, 4) is 11.3 Å². The average molecular weight is 266 g/mol. The van der Waals surface area contributed by atoms with Gasteiger partial charge in [-0.15, -0.1) is 0 Å². The minimum Gasteiger partial charge on any atom is -0.477 e. The summed E-state index contributed by atoms with van der Waals surface area (Å²) >= 11 is 0. The number of aryl methyl sites for hydroxylation is 1. The summed E-state index contributed by atoms with van der Waals surface area (Å²) in [5, 5.41) is 23.2. The van der Waals surface area contributed by atoms with E-state index in [4.69, 9.17) is 9.63 Å². The van der Waals surface area contributed by atoms with E-state index < -0.39 is 22.4 Å². The van der Waals surface area contributed by atoms with Gasteiger partial charge in [-0.05, 0) is 19.1 Å². The summed E-state index contributed by atoms with van der Waals surface area (Å²) in [4.78, 5) is 20.8. The third kappa shape index (κ3) is 2.15. The van der Waals surface area contributed by atoms with Crippen molar-refractivity contribution < 1.29 is 23.7 Å². The van der Waals surface area contributed by atoms with Crippen LogP contribution in [0.25, 0.3) is 11.3 Å². The van der Waals surface area contributed by atoms with Gasteiger partial charge in [0.05, 0.1) is 4.92 Å². The molecule has 0 saturated heterocycles. The Labute approximate surface area is 105 Å². The van der Waals surface area contributed by atoms with E-state index in [0.29, 0.717) is 0 Å². The van der Waals surface area contributed by atoms with E-state index in [9.17, 15) is 19.3 Å². The Balaban J connectivity index is 2.63. The lowest BCUT2D eigenvalue weighted by Crippen LogP contribution is -2.00. The maximum absolute atomic E-state index is 13.2. The van der Waals surface area contributed by atoms with Crippen molar-refractivity contribution in [2.75, 3.05) is 0 Å². The molecule has 0 spiro atoms. The molecule has 2 aromatic rings. The van der Waals surface area contributed by atoms with Crippen LogP contribution < -0.4 is 0 Å². The predicted octanol–water partition coefficient (Wildman–Crippen LogP) is 2.40. The molecule has 0 unspecified atom stereocenters. The first-order valence-corrected chi connectivity index (χ1v) is 5.05. The number of carboxylic acid groups (broad SMARTS) is 1. The number of aromatic nitrogens is 1. The zero-order valence-corrected chi connectivity index (χ0v) is 9.58. The lowest BCUT2D eigenvalue weighted by Gasteiger charge is -1.99. The number of aromatic carboxylic acids is 1. The first-order chi connectivity index (χ1) is 8.91. The first-order valence-electron chi connectivity index (χ1n) is 5.05. The number of benzene rings is 1. The molecule has 1 N–H and O–H groups in total. The highest BCUT2D eigenvalue weighted by molar-refractivity contribution is 5.95. The molecule has 98 valence electrons. The summed E-state index contributed by atoms with van der Waals surface area (Å²) in [5.74, 6) is -2.22. The van der Waals surface area contributed by atoms with Crippen LogP contribution in [0.15, 0.2) is 22.7 Å². The lowest BCUT2D eigenvalue weighted by atomic mass is 10.1. The minimum atomic E-state index is -1.28. The molecule has 0 aliphatic heterocycles. The van der Waals surface area contributed by atoms with Gasteiger partial charge < -0.3 is 9.63 Å². The highest BCUT2D eigenvalue weighted by Gasteiger charge is 2.23. The number of hydrogen-bond acceptors (Lipinski definition) is 5. The lowest BCUT2D eigenvalue weighted by molar-refractivity contribution is -0.387. The predicted molar refractivity (Wildman–Crippen MR) is 60.2 cm³/mol. The molecule has 0 bridgehead atoms. The smallest absolute Gasteiger partial charge is 0.341 e. The summed E-state index contributed by atoms with van der Waals surface area (Å²) in [6.45, 7) is 1.40. The van der Waals surface area contributed by atoms with Gasteiger partial charge in [0.2, 0.25) is 5.82 Å². The van der Waals surface area contributed by atoms with Gasteiger partial charge in [-0.3, -0.25) is 10.1 Å². The highest BCUT2D eigenvalue weighted by atomic mass is 19.1. The fraction of sp³-hybridized carbons (Fsp3) is 0.0909. The molecule has 8 heteroatoms. The van der Waals surface area contributed by atoms with Crippen LogP contribution in [0.5, 0.6) is 0 Å². The summed E-state index contributed by atoms with van der Waals surface area (Å²) in [6, 6.07) is 2.99. The molecule has 7 nitrogen and oxygen atoms in total. The van der Waals surface area contributed by atoms with Crippen molar-refractivity contribution in [2.45, 2.75) is 6.92 Å². The fourth-order valence-electron chi connectivity index (χ4n) is 1.62. The van der Waals surface area contributed by atoms with Gasteiger partial charge in [0.1, 0.15) is 17.0 Å². The monoisotopic (exact) mass is 266 g/mol. The van der Waals surface area contributed by atoms with E-state index in [1.165, 1.54) is 13.0 Å². The number of carbonyl (C=O) groups is 1. The van der Waals surface area contributed by atoms with E-state index >= 15 is 0 Å². The van der Waals surface area contributed by atoms with E-state index in [-0.39, 0.29) is 22.6 Å². The zero-order valence-electron chi connectivity index (χ0n) is 9.58. The molecule has 0 aliphatic carbocycles. The van der Waals surface area contributed by atoms with Crippen molar-refractivity contribution in [1.82, 2.24) is 5.16 Å². The van der Waals surface area contributed by atoms with Gasteiger partial charge in [0.25, 0.3) is 0 Å². The Bertz CT molecular complexity index is 680. The quantitative estimate of drug-likeness (QED) is 0.675. The van der Waals surface area contributed by atoms with Crippen LogP contribution in [0, 0.1) is 22.9 Å². The molecular weight excluding hydrogens is 259 g/mol. The molecule has 1 aromatic heterocycles. The van der Waals surface area contributed by atoms with Crippen molar-refractivity contribution >= 4 is 11.7 Å². The summed E-state index contributed by atoms with van der Waals surface area (Å²) in [5.41, 5.74) is -0.939. The Morgan fingerprint density at radius 3 is 2.79 bits per heavy atom. The molecule has 1 aromatic carbocycles. The van der Waals surface area contributed by atoms with Crippen LogP contribution in [-0.4, -0.2) is 21.2 Å². The van der Waals surface area contributed by atoms with Gasteiger partial charge >= 0.3 is 11.7 Å². The van der Waals surface area contributed by atoms with Crippen molar-refractivity contribution in [2.24, 2.45) is 0 Å². The Hall–Kier alpha value is -2.77. The minimum absolute atomic E-state index is 0.0643.